The van der Waals surface area contributed by atoms with Crippen molar-refractivity contribution in [2.75, 3.05) is 45.2 Å². The second kappa shape index (κ2) is 9.60. The van der Waals surface area contributed by atoms with Crippen molar-refractivity contribution in [1.29, 1.82) is 0 Å². The van der Waals surface area contributed by atoms with Crippen LogP contribution in [0.15, 0.2) is 24.5 Å². The van der Waals surface area contributed by atoms with Crippen molar-refractivity contribution in [3.05, 3.63) is 51.9 Å². The normalized spacial score (nSPS) is 22.9. The molecule has 10 heteroatoms. The molecule has 1 saturated carbocycles. The van der Waals surface area contributed by atoms with Gasteiger partial charge in [0.05, 0.1) is 23.2 Å². The lowest BCUT2D eigenvalue weighted by atomic mass is 9.90. The summed E-state index contributed by atoms with van der Waals surface area (Å²) in [5.74, 6) is 0.926. The number of rotatable bonds is 5. The monoisotopic (exact) mass is 548 g/mol. The second-order valence-electron chi connectivity index (χ2n) is 11.5. The van der Waals surface area contributed by atoms with Crippen LogP contribution in [0.25, 0.3) is 10.6 Å². The Morgan fingerprint density at radius 2 is 1.97 bits per heavy atom. The van der Waals surface area contributed by atoms with E-state index in [4.69, 9.17) is 4.74 Å². The molecule has 8 nitrogen and oxygen atoms in total. The van der Waals surface area contributed by atoms with Crippen LogP contribution < -0.4 is 5.32 Å². The van der Waals surface area contributed by atoms with Gasteiger partial charge in [0.25, 0.3) is 5.91 Å². The number of likely N-dealkylation sites (N-methyl/N-ethyl adjacent to an activating group) is 1. The van der Waals surface area contributed by atoms with Crippen molar-refractivity contribution in [3.8, 4) is 10.6 Å². The fourth-order valence-electron chi connectivity index (χ4n) is 6.52. The lowest BCUT2D eigenvalue weighted by Crippen LogP contribution is -2.41. The SMILES string of the molecule is Cc1c(-c2nc(Nc3ccc(C4CCN(C5CCOC5)CC4)cn3)ncc2F)sc2c1C(=O)N(C)CC21CC1. The number of likely N-dealkylation sites (tertiary alicyclic amines) is 1. The molecule has 0 bridgehead atoms. The standard InChI is InChI=1S/C29H33FN6O2S/c1-17-23-26(29(8-9-29)16-35(2)27(23)37)39-25(17)24-21(30)14-32-28(34-24)33-22-4-3-19(13-31-22)18-5-10-36(11-6-18)20-7-12-38-15-20/h3-4,13-14,18,20H,5-12,15-16H2,1-2H3,(H,31,32,33,34). The number of nitrogens with one attached hydrogen (secondary N) is 1. The van der Waals surface area contributed by atoms with Crippen molar-refractivity contribution in [2.24, 2.45) is 0 Å². The number of carbonyl (C=O) groups excluding carboxylic acids is 1. The van der Waals surface area contributed by atoms with Crippen molar-refractivity contribution in [2.45, 2.75) is 56.4 Å². The molecule has 3 aromatic heterocycles. The summed E-state index contributed by atoms with van der Waals surface area (Å²) in [4.78, 5) is 32.5. The van der Waals surface area contributed by atoms with Gasteiger partial charge in [-0.3, -0.25) is 9.69 Å². The maximum Gasteiger partial charge on any atom is 0.255 e. The first-order valence-corrected chi connectivity index (χ1v) is 14.7. The first-order chi connectivity index (χ1) is 18.9. The van der Waals surface area contributed by atoms with Gasteiger partial charge in [-0.2, -0.15) is 0 Å². The first kappa shape index (κ1) is 25.0. The van der Waals surface area contributed by atoms with Crippen LogP contribution in [0.3, 0.4) is 0 Å². The van der Waals surface area contributed by atoms with E-state index in [1.807, 2.05) is 26.2 Å². The number of hydrogen-bond acceptors (Lipinski definition) is 8. The molecule has 3 aliphatic heterocycles. The van der Waals surface area contributed by atoms with E-state index in [2.05, 4.69) is 31.2 Å². The number of thiophene rings is 1. The van der Waals surface area contributed by atoms with Crippen molar-refractivity contribution in [3.63, 3.8) is 0 Å². The van der Waals surface area contributed by atoms with E-state index in [-0.39, 0.29) is 23.0 Å². The van der Waals surface area contributed by atoms with E-state index in [9.17, 15) is 4.79 Å². The molecular weight excluding hydrogens is 515 g/mol. The van der Waals surface area contributed by atoms with E-state index in [1.165, 1.54) is 23.1 Å². The Morgan fingerprint density at radius 1 is 1.15 bits per heavy atom. The van der Waals surface area contributed by atoms with E-state index < -0.39 is 5.82 Å². The van der Waals surface area contributed by atoms with Crippen molar-refractivity contribution >= 4 is 29.0 Å². The number of pyridine rings is 1. The quantitative estimate of drug-likeness (QED) is 0.487. The molecule has 1 aliphatic carbocycles. The topological polar surface area (TPSA) is 83.5 Å². The summed E-state index contributed by atoms with van der Waals surface area (Å²) in [7, 11) is 1.85. The number of hydrogen-bond donors (Lipinski definition) is 1. The second-order valence-corrected chi connectivity index (χ2v) is 12.5. The third-order valence-electron chi connectivity index (χ3n) is 8.99. The number of halogens is 1. The first-order valence-electron chi connectivity index (χ1n) is 13.9. The number of carbonyl (C=O) groups is 1. The van der Waals surface area contributed by atoms with E-state index >= 15 is 4.39 Å². The van der Waals surface area contributed by atoms with E-state index in [0.29, 0.717) is 22.7 Å². The summed E-state index contributed by atoms with van der Waals surface area (Å²) in [6.07, 6.45) is 8.64. The third kappa shape index (κ3) is 4.42. The zero-order valence-electron chi connectivity index (χ0n) is 22.4. The Morgan fingerprint density at radius 3 is 2.67 bits per heavy atom. The smallest absolute Gasteiger partial charge is 0.255 e. The van der Waals surface area contributed by atoms with Crippen LogP contribution in [0.4, 0.5) is 16.2 Å². The Bertz CT molecular complexity index is 1410. The van der Waals surface area contributed by atoms with E-state index in [0.717, 1.165) is 81.0 Å². The van der Waals surface area contributed by atoms with Crippen LogP contribution in [0.5, 0.6) is 0 Å². The average Bonchev–Trinajstić information content (AvgIpc) is 3.33. The minimum absolute atomic E-state index is 0.0119. The molecule has 1 amide bonds. The Kier molecular flexibility index (Phi) is 6.17. The summed E-state index contributed by atoms with van der Waals surface area (Å²) in [5.41, 5.74) is 3.03. The third-order valence-corrected chi connectivity index (χ3v) is 10.5. The molecule has 1 unspecified atom stereocenters. The van der Waals surface area contributed by atoms with Crippen LogP contribution in [0.2, 0.25) is 0 Å². The molecule has 4 aliphatic rings. The minimum Gasteiger partial charge on any atom is -0.380 e. The van der Waals surface area contributed by atoms with Crippen LogP contribution in [0, 0.1) is 12.7 Å². The Labute approximate surface area is 231 Å². The number of amides is 1. The van der Waals surface area contributed by atoms with Gasteiger partial charge in [0.2, 0.25) is 5.95 Å². The molecule has 7 rings (SSSR count). The van der Waals surface area contributed by atoms with E-state index in [1.54, 1.807) is 4.90 Å². The number of nitrogens with zero attached hydrogens (tertiary/aromatic N) is 5. The molecule has 3 aromatic rings. The lowest BCUT2D eigenvalue weighted by Gasteiger charge is -2.35. The Balaban J connectivity index is 1.08. The Hall–Kier alpha value is -2.95. The summed E-state index contributed by atoms with van der Waals surface area (Å²) in [5, 5.41) is 3.15. The average molecular weight is 549 g/mol. The highest BCUT2D eigenvalue weighted by atomic mass is 32.1. The molecule has 6 heterocycles. The zero-order chi connectivity index (χ0) is 26.7. The fourth-order valence-corrected chi connectivity index (χ4v) is 8.05. The lowest BCUT2D eigenvalue weighted by molar-refractivity contribution is 0.0760. The molecule has 204 valence electrons. The maximum absolute atomic E-state index is 15.0. The molecule has 1 spiro atoms. The summed E-state index contributed by atoms with van der Waals surface area (Å²) >= 11 is 1.51. The van der Waals surface area contributed by atoms with Gasteiger partial charge in [-0.05, 0) is 75.2 Å². The molecule has 3 fully saturated rings. The van der Waals surface area contributed by atoms with Crippen molar-refractivity contribution < 1.29 is 13.9 Å². The van der Waals surface area contributed by atoms with Crippen molar-refractivity contribution in [1.82, 2.24) is 24.8 Å². The van der Waals surface area contributed by atoms with Gasteiger partial charge in [0.15, 0.2) is 5.82 Å². The van der Waals surface area contributed by atoms with Crippen LogP contribution in [-0.2, 0) is 10.2 Å². The number of aromatic nitrogens is 3. The highest BCUT2D eigenvalue weighted by Gasteiger charge is 2.53. The van der Waals surface area contributed by atoms with Crippen LogP contribution >= 0.6 is 11.3 Å². The van der Waals surface area contributed by atoms with Gasteiger partial charge in [-0.25, -0.2) is 19.3 Å². The minimum atomic E-state index is -0.494. The summed E-state index contributed by atoms with van der Waals surface area (Å²) in [6, 6.07) is 4.64. The molecule has 0 aromatic carbocycles. The van der Waals surface area contributed by atoms with Gasteiger partial charge in [-0.1, -0.05) is 6.07 Å². The van der Waals surface area contributed by atoms with Gasteiger partial charge < -0.3 is 15.0 Å². The predicted octanol–water partition coefficient (Wildman–Crippen LogP) is 4.88. The largest absolute Gasteiger partial charge is 0.380 e. The molecule has 39 heavy (non-hydrogen) atoms. The number of fused-ring (bicyclic) bond motifs is 2. The highest BCUT2D eigenvalue weighted by Crippen LogP contribution is 2.57. The van der Waals surface area contributed by atoms with Crippen LogP contribution in [0.1, 0.15) is 64.4 Å². The van der Waals surface area contributed by atoms with Gasteiger partial charge in [0.1, 0.15) is 11.5 Å². The predicted molar refractivity (Wildman–Crippen MR) is 148 cm³/mol. The van der Waals surface area contributed by atoms with Gasteiger partial charge >= 0.3 is 0 Å². The summed E-state index contributed by atoms with van der Waals surface area (Å²) in [6.45, 7) is 6.57. The molecule has 1 atom stereocenters. The number of ether oxygens (including phenoxy) is 1. The molecule has 2 saturated heterocycles. The van der Waals surface area contributed by atoms with Gasteiger partial charge in [0, 0.05) is 42.7 Å². The molecular formula is C29H33FN6O2S. The fraction of sp³-hybridized carbons (Fsp3) is 0.517. The highest BCUT2D eigenvalue weighted by molar-refractivity contribution is 7.16. The maximum atomic E-state index is 15.0. The summed E-state index contributed by atoms with van der Waals surface area (Å²) < 4.78 is 20.6. The number of piperidine rings is 1. The number of anilines is 2. The van der Waals surface area contributed by atoms with Gasteiger partial charge in [-0.15, -0.1) is 11.3 Å². The zero-order valence-corrected chi connectivity index (χ0v) is 23.2. The molecule has 1 N–H and O–H groups in total. The van der Waals surface area contributed by atoms with Crippen LogP contribution in [-0.4, -0.2) is 76.6 Å². The molecule has 0 radical (unpaired) electrons.